The molecule has 1 amide bonds. The number of carbonyl (C=O) groups is 1. The third kappa shape index (κ3) is 2.27. The second-order valence-electron chi connectivity index (χ2n) is 3.74. The molecule has 0 fully saturated rings. The monoisotopic (exact) mass is 274 g/mol. The van der Waals surface area contributed by atoms with Gasteiger partial charge in [0.2, 0.25) is 10.1 Å². The number of hydrogen-bond donors (Lipinski definition) is 1. The predicted octanol–water partition coefficient (Wildman–Crippen LogP) is 2.64. The van der Waals surface area contributed by atoms with Gasteiger partial charge in [0, 0.05) is 5.56 Å². The van der Waals surface area contributed by atoms with Crippen LogP contribution in [0.3, 0.4) is 0 Å². The number of carbonyl (C=O) groups excluding carboxylic acids is 1. The van der Waals surface area contributed by atoms with Gasteiger partial charge in [-0.3, -0.25) is 5.32 Å². The molecule has 1 N–H and O–H groups in total. The molecule has 0 bridgehead atoms. The Labute approximate surface area is 112 Å². The van der Waals surface area contributed by atoms with Gasteiger partial charge in [-0.15, -0.1) is 5.10 Å². The molecule has 1 aromatic carbocycles. The number of hydrogen-bond acceptors (Lipinski definition) is 5. The van der Waals surface area contributed by atoms with Crippen LogP contribution in [0.4, 0.5) is 9.93 Å². The van der Waals surface area contributed by atoms with E-state index in [0.717, 1.165) is 11.3 Å². The Kier molecular flexibility index (Phi) is 2.88. The molecule has 19 heavy (non-hydrogen) atoms. The number of methoxy groups -OCH3 is 1. The van der Waals surface area contributed by atoms with E-state index >= 15 is 0 Å². The van der Waals surface area contributed by atoms with Crippen molar-refractivity contribution >= 4 is 27.5 Å². The van der Waals surface area contributed by atoms with Gasteiger partial charge in [0.15, 0.2) is 0 Å². The van der Waals surface area contributed by atoms with E-state index in [0.29, 0.717) is 10.1 Å². The van der Waals surface area contributed by atoms with Gasteiger partial charge < -0.3 is 4.74 Å². The average molecular weight is 274 g/mol. The molecule has 3 rings (SSSR count). The summed E-state index contributed by atoms with van der Waals surface area (Å²) >= 11 is 1.29. The number of nitrogens with one attached hydrogen (secondary N) is 1. The van der Waals surface area contributed by atoms with Crippen LogP contribution in [0.1, 0.15) is 0 Å². The molecule has 96 valence electrons. The first-order valence-corrected chi connectivity index (χ1v) is 6.34. The molecule has 2 aromatic heterocycles. The number of imidazole rings is 1. The van der Waals surface area contributed by atoms with Crippen LogP contribution in [0.15, 0.2) is 36.5 Å². The summed E-state index contributed by atoms with van der Waals surface area (Å²) in [5.74, 6) is 0. The molecular weight excluding hydrogens is 264 g/mol. The first-order chi connectivity index (χ1) is 9.26. The van der Waals surface area contributed by atoms with Crippen LogP contribution in [0.2, 0.25) is 0 Å². The Hall–Kier alpha value is -2.41. The number of ether oxygens (including phenoxy) is 1. The molecule has 0 aliphatic carbocycles. The fraction of sp³-hybridized carbons (Fsp3) is 0.0833. The molecular formula is C12H10N4O2S. The summed E-state index contributed by atoms with van der Waals surface area (Å²) in [7, 11) is 1.31. The van der Waals surface area contributed by atoms with E-state index in [1.165, 1.54) is 18.4 Å². The largest absolute Gasteiger partial charge is 0.453 e. The van der Waals surface area contributed by atoms with Crippen LogP contribution in [-0.2, 0) is 4.74 Å². The molecule has 6 nitrogen and oxygen atoms in total. The van der Waals surface area contributed by atoms with E-state index in [2.05, 4.69) is 20.1 Å². The summed E-state index contributed by atoms with van der Waals surface area (Å²) in [5, 5.41) is 7.17. The molecule has 0 aliphatic rings. The van der Waals surface area contributed by atoms with E-state index in [9.17, 15) is 4.79 Å². The Bertz CT molecular complexity index is 688. The molecule has 0 spiro atoms. The highest BCUT2D eigenvalue weighted by atomic mass is 32.1. The van der Waals surface area contributed by atoms with Crippen molar-refractivity contribution in [3.05, 3.63) is 36.5 Å². The standard InChI is InChI=1S/C12H10N4O2S/c1-18-12(17)14-10-15-16-7-9(13-11(16)19-10)8-5-3-2-4-6-8/h2-7H,1H3,(H,14,15,17). The van der Waals surface area contributed by atoms with Gasteiger partial charge in [-0.25, -0.2) is 14.3 Å². The van der Waals surface area contributed by atoms with Crippen molar-refractivity contribution in [3.8, 4) is 11.3 Å². The minimum atomic E-state index is -0.541. The van der Waals surface area contributed by atoms with E-state index in [1.807, 2.05) is 36.5 Å². The highest BCUT2D eigenvalue weighted by Crippen LogP contribution is 2.24. The number of benzene rings is 1. The van der Waals surface area contributed by atoms with Crippen molar-refractivity contribution in [2.75, 3.05) is 12.4 Å². The van der Waals surface area contributed by atoms with E-state index < -0.39 is 6.09 Å². The van der Waals surface area contributed by atoms with E-state index in [-0.39, 0.29) is 0 Å². The molecule has 0 aliphatic heterocycles. The number of anilines is 1. The molecule has 2 heterocycles. The van der Waals surface area contributed by atoms with Gasteiger partial charge in [-0.2, -0.15) is 0 Å². The lowest BCUT2D eigenvalue weighted by Crippen LogP contribution is -2.10. The van der Waals surface area contributed by atoms with Crippen LogP contribution in [-0.4, -0.2) is 27.8 Å². The van der Waals surface area contributed by atoms with Crippen LogP contribution in [0, 0.1) is 0 Å². The zero-order valence-electron chi connectivity index (χ0n) is 10.0. The van der Waals surface area contributed by atoms with Gasteiger partial charge in [-0.05, 0) is 0 Å². The predicted molar refractivity (Wildman–Crippen MR) is 72.3 cm³/mol. The smallest absolute Gasteiger partial charge is 0.413 e. The summed E-state index contributed by atoms with van der Waals surface area (Å²) in [6.07, 6.45) is 1.28. The fourth-order valence-electron chi connectivity index (χ4n) is 1.64. The lowest BCUT2D eigenvalue weighted by atomic mass is 10.2. The van der Waals surface area contributed by atoms with Crippen LogP contribution in [0.25, 0.3) is 16.2 Å². The Morgan fingerprint density at radius 3 is 2.84 bits per heavy atom. The lowest BCUT2D eigenvalue weighted by molar-refractivity contribution is 0.187. The summed E-state index contributed by atoms with van der Waals surface area (Å²) in [6.45, 7) is 0. The highest BCUT2D eigenvalue weighted by molar-refractivity contribution is 7.20. The minimum Gasteiger partial charge on any atom is -0.453 e. The number of amides is 1. The second kappa shape index (κ2) is 4.69. The molecule has 0 unspecified atom stereocenters. The molecule has 0 atom stereocenters. The first-order valence-electron chi connectivity index (χ1n) is 5.53. The Morgan fingerprint density at radius 1 is 1.37 bits per heavy atom. The van der Waals surface area contributed by atoms with Gasteiger partial charge in [-0.1, -0.05) is 41.7 Å². The van der Waals surface area contributed by atoms with Crippen molar-refractivity contribution in [1.82, 2.24) is 14.6 Å². The number of rotatable bonds is 2. The SMILES string of the molecule is COC(=O)Nc1nn2cc(-c3ccccc3)nc2s1. The van der Waals surface area contributed by atoms with Crippen molar-refractivity contribution in [2.45, 2.75) is 0 Å². The summed E-state index contributed by atoms with van der Waals surface area (Å²) in [4.78, 5) is 16.2. The Balaban J connectivity index is 1.92. The van der Waals surface area contributed by atoms with Gasteiger partial charge in [0.05, 0.1) is 19.0 Å². The molecule has 0 saturated heterocycles. The maximum Gasteiger partial charge on any atom is 0.413 e. The van der Waals surface area contributed by atoms with Crippen LogP contribution >= 0.6 is 11.3 Å². The summed E-state index contributed by atoms with van der Waals surface area (Å²) in [6, 6.07) is 9.85. The number of aromatic nitrogens is 3. The van der Waals surface area contributed by atoms with Gasteiger partial charge in [0.25, 0.3) is 0 Å². The quantitative estimate of drug-likeness (QED) is 0.780. The number of fused-ring (bicyclic) bond motifs is 1. The minimum absolute atomic E-state index is 0.453. The second-order valence-corrected chi connectivity index (χ2v) is 4.70. The molecule has 0 radical (unpaired) electrons. The summed E-state index contributed by atoms with van der Waals surface area (Å²) < 4.78 is 6.14. The van der Waals surface area contributed by atoms with E-state index in [4.69, 9.17) is 0 Å². The zero-order chi connectivity index (χ0) is 13.2. The summed E-state index contributed by atoms with van der Waals surface area (Å²) in [5.41, 5.74) is 1.88. The third-order valence-corrected chi connectivity index (χ3v) is 3.35. The lowest BCUT2D eigenvalue weighted by Gasteiger charge is -1.96. The van der Waals surface area contributed by atoms with Crippen molar-refractivity contribution in [2.24, 2.45) is 0 Å². The van der Waals surface area contributed by atoms with Crippen molar-refractivity contribution in [3.63, 3.8) is 0 Å². The molecule has 7 heteroatoms. The third-order valence-electron chi connectivity index (χ3n) is 2.51. The topological polar surface area (TPSA) is 68.5 Å². The zero-order valence-corrected chi connectivity index (χ0v) is 10.8. The van der Waals surface area contributed by atoms with Crippen LogP contribution < -0.4 is 5.32 Å². The fourth-order valence-corrected chi connectivity index (χ4v) is 2.40. The molecule has 0 saturated carbocycles. The first kappa shape index (κ1) is 11.7. The maximum absolute atomic E-state index is 11.1. The maximum atomic E-state index is 11.1. The van der Waals surface area contributed by atoms with Gasteiger partial charge in [0.1, 0.15) is 0 Å². The van der Waals surface area contributed by atoms with Crippen molar-refractivity contribution in [1.29, 1.82) is 0 Å². The van der Waals surface area contributed by atoms with Crippen LogP contribution in [0.5, 0.6) is 0 Å². The Morgan fingerprint density at radius 2 is 2.16 bits per heavy atom. The highest BCUT2D eigenvalue weighted by Gasteiger charge is 2.11. The van der Waals surface area contributed by atoms with Gasteiger partial charge >= 0.3 is 6.09 Å². The average Bonchev–Trinajstić information content (AvgIpc) is 2.97. The normalized spacial score (nSPS) is 10.6. The molecule has 3 aromatic rings. The number of nitrogens with zero attached hydrogens (tertiary/aromatic N) is 3. The van der Waals surface area contributed by atoms with Crippen molar-refractivity contribution < 1.29 is 9.53 Å². The van der Waals surface area contributed by atoms with E-state index in [1.54, 1.807) is 4.52 Å².